The molecule has 0 saturated carbocycles. The van der Waals surface area contributed by atoms with Gasteiger partial charge in [-0.3, -0.25) is 5.32 Å². The minimum atomic E-state index is -4.24. The number of nitrogens with one attached hydrogen (secondary N) is 2. The topological polar surface area (TPSA) is 42.5 Å². The van der Waals surface area contributed by atoms with E-state index in [1.165, 1.54) is 6.92 Å². The first-order chi connectivity index (χ1) is 8.44. The highest BCUT2D eigenvalue weighted by Gasteiger charge is 2.27. The van der Waals surface area contributed by atoms with E-state index in [0.29, 0.717) is 23.4 Å². The van der Waals surface area contributed by atoms with Crippen molar-refractivity contribution >= 4 is 5.69 Å². The molecule has 0 aliphatic carbocycles. The second-order valence-electron chi connectivity index (χ2n) is 3.79. The predicted molar refractivity (Wildman–Crippen MR) is 59.2 cm³/mol. The molecular weight excluding hydrogens is 249 g/mol. The normalized spacial score (nSPS) is 14.1. The lowest BCUT2D eigenvalue weighted by molar-refractivity contribution is -0.124. The molecule has 1 aliphatic heterocycles. The van der Waals surface area contributed by atoms with Gasteiger partial charge < -0.3 is 14.8 Å². The van der Waals surface area contributed by atoms with E-state index >= 15 is 0 Å². The Bertz CT molecular complexity index is 423. The third kappa shape index (κ3) is 3.43. The molecule has 7 heteroatoms. The molecule has 0 saturated heterocycles. The minimum absolute atomic E-state index is 0.161. The maximum Gasteiger partial charge on any atom is 0.401 e. The van der Waals surface area contributed by atoms with E-state index in [-0.39, 0.29) is 6.79 Å². The number of hydrogen-bond donors (Lipinski definition) is 2. The number of fused-ring (bicyclic) bond motifs is 1. The van der Waals surface area contributed by atoms with Crippen molar-refractivity contribution in [2.45, 2.75) is 13.1 Å². The molecule has 0 bridgehead atoms. The average Bonchev–Trinajstić information content (AvgIpc) is 2.72. The number of anilines is 1. The van der Waals surface area contributed by atoms with E-state index in [1.807, 2.05) is 0 Å². The van der Waals surface area contributed by atoms with Gasteiger partial charge in [-0.05, 0) is 19.1 Å². The number of rotatable bonds is 4. The van der Waals surface area contributed by atoms with Crippen LogP contribution >= 0.6 is 0 Å². The van der Waals surface area contributed by atoms with Crippen LogP contribution < -0.4 is 20.1 Å². The molecule has 99 valence electrons. The van der Waals surface area contributed by atoms with E-state index < -0.39 is 12.7 Å². The molecule has 0 aromatic heterocycles. The zero-order chi connectivity index (χ0) is 13.2. The predicted octanol–water partition coefficient (Wildman–Crippen LogP) is 2.49. The summed E-state index contributed by atoms with van der Waals surface area (Å²) in [6, 6.07) is 5.06. The van der Waals surface area contributed by atoms with Crippen molar-refractivity contribution in [3.8, 4) is 11.5 Å². The summed E-state index contributed by atoms with van der Waals surface area (Å²) in [7, 11) is 0. The van der Waals surface area contributed by atoms with E-state index in [4.69, 9.17) is 9.47 Å². The van der Waals surface area contributed by atoms with Gasteiger partial charge in [-0.2, -0.15) is 13.2 Å². The van der Waals surface area contributed by atoms with Gasteiger partial charge in [0.25, 0.3) is 0 Å². The zero-order valence-electron chi connectivity index (χ0n) is 9.60. The summed E-state index contributed by atoms with van der Waals surface area (Å²) in [5.74, 6) is 1.20. The summed E-state index contributed by atoms with van der Waals surface area (Å²) in [5.41, 5.74) is 0.631. The molecule has 0 spiro atoms. The molecule has 0 atom stereocenters. The number of halogens is 3. The molecule has 1 aliphatic rings. The maximum absolute atomic E-state index is 12.0. The lowest BCUT2D eigenvalue weighted by Gasteiger charge is -2.17. The second-order valence-corrected chi connectivity index (χ2v) is 3.79. The lowest BCUT2D eigenvalue weighted by Crippen LogP contribution is -2.34. The van der Waals surface area contributed by atoms with Crippen LogP contribution in [0.2, 0.25) is 0 Å². The van der Waals surface area contributed by atoms with Gasteiger partial charge in [0, 0.05) is 11.8 Å². The van der Waals surface area contributed by atoms with Gasteiger partial charge in [-0.15, -0.1) is 0 Å². The largest absolute Gasteiger partial charge is 0.454 e. The quantitative estimate of drug-likeness (QED) is 0.873. The standard InChI is InChI=1S/C11H12F3N2O2/c1-7(15-5-11(12,13)14)16-8-2-3-9-10(4-8)18-6-17-9/h2-4,15-16H,5-6H2,1H3. The molecule has 1 heterocycles. The van der Waals surface area contributed by atoms with Crippen LogP contribution in [-0.2, 0) is 0 Å². The smallest absolute Gasteiger partial charge is 0.401 e. The Labute approximate surface area is 102 Å². The highest BCUT2D eigenvalue weighted by atomic mass is 19.4. The summed E-state index contributed by atoms with van der Waals surface area (Å²) in [6.45, 7) is 0.612. The molecular formula is C11H12F3N2O2. The van der Waals surface area contributed by atoms with Gasteiger partial charge in [0.15, 0.2) is 11.5 Å². The molecule has 4 nitrogen and oxygen atoms in total. The van der Waals surface area contributed by atoms with Crippen LogP contribution in [0.15, 0.2) is 18.2 Å². The van der Waals surface area contributed by atoms with Crippen molar-refractivity contribution in [3.63, 3.8) is 0 Å². The zero-order valence-corrected chi connectivity index (χ0v) is 9.60. The van der Waals surface area contributed by atoms with Crippen LogP contribution in [0.4, 0.5) is 18.9 Å². The van der Waals surface area contributed by atoms with Gasteiger partial charge in [0.2, 0.25) is 6.79 Å². The number of benzene rings is 1. The fraction of sp³-hybridized carbons (Fsp3) is 0.364. The molecule has 0 amide bonds. The van der Waals surface area contributed by atoms with Crippen molar-refractivity contribution in [1.82, 2.24) is 5.32 Å². The van der Waals surface area contributed by atoms with Crippen molar-refractivity contribution < 1.29 is 22.6 Å². The summed E-state index contributed by atoms with van der Waals surface area (Å²) in [4.78, 5) is 0. The Morgan fingerprint density at radius 1 is 1.28 bits per heavy atom. The minimum Gasteiger partial charge on any atom is -0.454 e. The van der Waals surface area contributed by atoms with Crippen molar-refractivity contribution in [1.29, 1.82) is 0 Å². The van der Waals surface area contributed by atoms with Crippen LogP contribution in [0.3, 0.4) is 0 Å². The van der Waals surface area contributed by atoms with Gasteiger partial charge in [0.05, 0.1) is 6.54 Å². The van der Waals surface area contributed by atoms with Gasteiger partial charge in [0.1, 0.15) is 6.17 Å². The summed E-state index contributed by atoms with van der Waals surface area (Å²) < 4.78 is 46.3. The van der Waals surface area contributed by atoms with Crippen LogP contribution in [0.25, 0.3) is 0 Å². The Morgan fingerprint density at radius 2 is 2.00 bits per heavy atom. The van der Waals surface area contributed by atoms with E-state index in [9.17, 15) is 13.2 Å². The van der Waals surface area contributed by atoms with Crippen LogP contribution in [-0.4, -0.2) is 19.5 Å². The first-order valence-electron chi connectivity index (χ1n) is 5.25. The van der Waals surface area contributed by atoms with Crippen LogP contribution in [0.5, 0.6) is 11.5 Å². The Kier molecular flexibility index (Phi) is 3.51. The summed E-state index contributed by atoms with van der Waals surface area (Å²) in [5, 5.41) is 5.06. The highest BCUT2D eigenvalue weighted by molar-refractivity contribution is 5.56. The molecule has 2 N–H and O–H groups in total. The van der Waals surface area contributed by atoms with Gasteiger partial charge in [-0.1, -0.05) is 0 Å². The van der Waals surface area contributed by atoms with Gasteiger partial charge in [-0.25, -0.2) is 0 Å². The van der Waals surface area contributed by atoms with Crippen molar-refractivity contribution in [2.24, 2.45) is 0 Å². The van der Waals surface area contributed by atoms with Crippen LogP contribution in [0, 0.1) is 6.17 Å². The summed E-state index contributed by atoms with van der Waals surface area (Å²) >= 11 is 0. The number of hydrogen-bond acceptors (Lipinski definition) is 4. The molecule has 1 radical (unpaired) electrons. The molecule has 0 unspecified atom stereocenters. The molecule has 1 aromatic carbocycles. The number of alkyl halides is 3. The van der Waals surface area contributed by atoms with Crippen LogP contribution in [0.1, 0.15) is 6.92 Å². The Hall–Kier alpha value is -1.63. The maximum atomic E-state index is 12.0. The Morgan fingerprint density at radius 3 is 2.72 bits per heavy atom. The SMILES string of the molecule is C[C](NCC(F)(F)F)Nc1ccc2c(c1)OCO2. The average molecular weight is 261 g/mol. The van der Waals surface area contributed by atoms with E-state index in [1.54, 1.807) is 18.2 Å². The fourth-order valence-electron chi connectivity index (χ4n) is 1.47. The fourth-order valence-corrected chi connectivity index (χ4v) is 1.47. The first-order valence-corrected chi connectivity index (χ1v) is 5.25. The van der Waals surface area contributed by atoms with Crippen molar-refractivity contribution in [2.75, 3.05) is 18.7 Å². The van der Waals surface area contributed by atoms with E-state index in [0.717, 1.165) is 0 Å². The second kappa shape index (κ2) is 4.93. The van der Waals surface area contributed by atoms with E-state index in [2.05, 4.69) is 10.6 Å². The third-order valence-corrected chi connectivity index (χ3v) is 2.26. The number of ether oxygens (including phenoxy) is 2. The monoisotopic (exact) mass is 261 g/mol. The molecule has 0 fully saturated rings. The highest BCUT2D eigenvalue weighted by Crippen LogP contribution is 2.34. The molecule has 2 rings (SSSR count). The third-order valence-electron chi connectivity index (χ3n) is 2.26. The lowest BCUT2D eigenvalue weighted by atomic mass is 10.2. The molecule has 18 heavy (non-hydrogen) atoms. The van der Waals surface area contributed by atoms with Crippen molar-refractivity contribution in [3.05, 3.63) is 24.4 Å². The molecule has 1 aromatic rings. The Balaban J connectivity index is 1.89. The van der Waals surface area contributed by atoms with Gasteiger partial charge >= 0.3 is 6.18 Å². The first kappa shape index (κ1) is 12.8. The summed E-state index contributed by atoms with van der Waals surface area (Å²) in [6.07, 6.45) is -3.93.